The summed E-state index contributed by atoms with van der Waals surface area (Å²) >= 11 is 0. The molecule has 20 valence electrons. The summed E-state index contributed by atoms with van der Waals surface area (Å²) in [6, 6.07) is 0. The van der Waals surface area contributed by atoms with Crippen LogP contribution < -0.4 is 18.9 Å². The second kappa shape index (κ2) is 8.98. The van der Waals surface area contributed by atoms with Gasteiger partial charge in [-0.25, -0.2) is 0 Å². The molecule has 0 heterocycles. The molecular weight excluding hydrogens is 61.9 g/mol. The fraction of sp³-hybridized carbons (Fsp3) is 1.00. The van der Waals surface area contributed by atoms with E-state index in [1.165, 1.54) is 0 Å². The molecule has 0 fully saturated rings. The third-order valence-corrected chi connectivity index (χ3v) is 0. The average molecular weight is 68.0 g/mol. The van der Waals surface area contributed by atoms with Crippen molar-refractivity contribution in [2.24, 2.45) is 0 Å². The summed E-state index contributed by atoms with van der Waals surface area (Å²) in [7, 11) is 3.18. The van der Waals surface area contributed by atoms with Crippen LogP contribution >= 0.6 is 9.24 Å². The van der Waals surface area contributed by atoms with Crippen molar-refractivity contribution in [3.63, 3.8) is 0 Å². The number of rotatable bonds is 0. The van der Waals surface area contributed by atoms with E-state index in [4.69, 9.17) is 0 Å². The topological polar surface area (TPSA) is 0 Å². The van der Waals surface area contributed by atoms with E-state index >= 15 is 0 Å². The van der Waals surface area contributed by atoms with Crippen molar-refractivity contribution < 1.29 is 18.9 Å². The second-order valence-corrected chi connectivity index (χ2v) is 1.06. The molecule has 4 heavy (non-hydrogen) atoms. The molecule has 0 amide bonds. The molecule has 0 rings (SSSR count). The zero-order valence-corrected chi connectivity index (χ0v) is 4.21. The molecule has 0 aliphatic heterocycles. The molecular formula is C2H6LiP. The molecule has 0 bridgehead atoms. The second-order valence-electron chi connectivity index (χ2n) is 0.354. The first-order valence-corrected chi connectivity index (χ1v) is 1.77. The first kappa shape index (κ1) is 8.90. The molecule has 0 aromatic rings. The Kier molecular flexibility index (Phi) is 20.0. The monoisotopic (exact) mass is 68.0 g/mol. The van der Waals surface area contributed by atoms with E-state index in [2.05, 4.69) is 9.24 Å². The minimum atomic E-state index is 0. The molecule has 0 unspecified atom stereocenters. The van der Waals surface area contributed by atoms with Gasteiger partial charge in [0.1, 0.15) is 0 Å². The SMILES string of the molecule is CC[PH-].[Li+]. The van der Waals surface area contributed by atoms with Crippen molar-refractivity contribution in [3.05, 3.63) is 0 Å². The van der Waals surface area contributed by atoms with Crippen LogP contribution in [0, 0.1) is 0 Å². The summed E-state index contributed by atoms with van der Waals surface area (Å²) in [6.07, 6.45) is 1.06. The van der Waals surface area contributed by atoms with E-state index in [0.717, 1.165) is 6.16 Å². The van der Waals surface area contributed by atoms with E-state index in [1.807, 2.05) is 6.92 Å². The Morgan fingerprint density at radius 2 is 1.75 bits per heavy atom. The van der Waals surface area contributed by atoms with Gasteiger partial charge in [-0.3, -0.25) is 0 Å². The van der Waals surface area contributed by atoms with Crippen LogP contribution in [-0.2, 0) is 0 Å². The summed E-state index contributed by atoms with van der Waals surface area (Å²) in [5.41, 5.74) is 0. The third kappa shape index (κ3) is 11.8. The van der Waals surface area contributed by atoms with E-state index in [1.54, 1.807) is 0 Å². The maximum Gasteiger partial charge on any atom is 1.00 e. The zero-order chi connectivity index (χ0) is 2.71. The van der Waals surface area contributed by atoms with Crippen molar-refractivity contribution in [1.29, 1.82) is 0 Å². The van der Waals surface area contributed by atoms with Crippen LogP contribution in [0.2, 0.25) is 0 Å². The predicted octanol–water partition coefficient (Wildman–Crippen LogP) is -1.85. The van der Waals surface area contributed by atoms with E-state index in [9.17, 15) is 0 Å². The Hall–Kier alpha value is 1.03. The molecule has 2 heteroatoms. The number of hydrogen-bond acceptors (Lipinski definition) is 0. The fourth-order valence-electron chi connectivity index (χ4n) is 0. The van der Waals surface area contributed by atoms with Gasteiger partial charge in [0, 0.05) is 0 Å². The van der Waals surface area contributed by atoms with Gasteiger partial charge < -0.3 is 9.24 Å². The quantitative estimate of drug-likeness (QED) is 0.231. The third-order valence-electron chi connectivity index (χ3n) is 0. The fourth-order valence-corrected chi connectivity index (χ4v) is 0. The molecule has 0 saturated carbocycles. The van der Waals surface area contributed by atoms with Crippen molar-refractivity contribution >= 4 is 9.24 Å². The summed E-state index contributed by atoms with van der Waals surface area (Å²) in [4.78, 5) is 0. The van der Waals surface area contributed by atoms with Gasteiger partial charge in [0.05, 0.1) is 0 Å². The van der Waals surface area contributed by atoms with Gasteiger partial charge in [-0.15, -0.1) is 0 Å². The molecule has 0 N–H and O–H groups in total. The Morgan fingerprint density at radius 3 is 1.75 bits per heavy atom. The predicted molar refractivity (Wildman–Crippen MR) is 18.9 cm³/mol. The smallest absolute Gasteiger partial charge is 0.559 e. The Labute approximate surface area is 41.7 Å². The molecule has 0 aliphatic carbocycles. The molecule has 0 atom stereocenters. The molecule has 0 aromatic heterocycles. The maximum atomic E-state index is 3.18. The van der Waals surface area contributed by atoms with Crippen LogP contribution in [0.3, 0.4) is 0 Å². The van der Waals surface area contributed by atoms with Crippen LogP contribution in [0.5, 0.6) is 0 Å². The minimum absolute atomic E-state index is 0. The van der Waals surface area contributed by atoms with Crippen LogP contribution in [0.4, 0.5) is 0 Å². The van der Waals surface area contributed by atoms with Crippen LogP contribution in [0.15, 0.2) is 0 Å². The summed E-state index contributed by atoms with van der Waals surface area (Å²) in [6.45, 7) is 2.04. The van der Waals surface area contributed by atoms with Gasteiger partial charge in [-0.05, 0) is 0 Å². The van der Waals surface area contributed by atoms with Crippen molar-refractivity contribution in [2.45, 2.75) is 6.92 Å². The molecule has 0 aliphatic rings. The molecule has 0 aromatic carbocycles. The Bertz CT molecular complexity index is 6.00. The standard InChI is InChI=1S/C2H6P.Li/c1-2-3;/h3H,2H2,1H3;/q-1;+1. The normalized spacial score (nSPS) is 4.50. The van der Waals surface area contributed by atoms with Gasteiger partial charge in [-0.1, -0.05) is 6.92 Å². The van der Waals surface area contributed by atoms with Gasteiger partial charge in [0.15, 0.2) is 0 Å². The average Bonchev–Trinajstić information content (AvgIpc) is 0.918. The van der Waals surface area contributed by atoms with Gasteiger partial charge in [0.2, 0.25) is 0 Å². The first-order valence-electron chi connectivity index (χ1n) is 1.06. The zero-order valence-electron chi connectivity index (χ0n) is 3.21. The summed E-state index contributed by atoms with van der Waals surface area (Å²) < 4.78 is 0. The summed E-state index contributed by atoms with van der Waals surface area (Å²) in [5, 5.41) is 0. The molecule has 0 nitrogen and oxygen atoms in total. The van der Waals surface area contributed by atoms with Crippen molar-refractivity contribution in [1.82, 2.24) is 0 Å². The van der Waals surface area contributed by atoms with Crippen LogP contribution in [0.25, 0.3) is 0 Å². The van der Waals surface area contributed by atoms with Crippen LogP contribution in [-0.4, -0.2) is 6.16 Å². The molecule has 0 saturated heterocycles. The Morgan fingerprint density at radius 1 is 1.75 bits per heavy atom. The molecule has 0 spiro atoms. The summed E-state index contributed by atoms with van der Waals surface area (Å²) in [5.74, 6) is 0. The van der Waals surface area contributed by atoms with Gasteiger partial charge in [-0.2, -0.15) is 6.16 Å². The minimum Gasteiger partial charge on any atom is -0.559 e. The van der Waals surface area contributed by atoms with Crippen molar-refractivity contribution in [3.8, 4) is 0 Å². The Balaban J connectivity index is 0. The largest absolute Gasteiger partial charge is 1.00 e. The van der Waals surface area contributed by atoms with Crippen molar-refractivity contribution in [2.75, 3.05) is 6.16 Å². The first-order chi connectivity index (χ1) is 1.41. The number of hydrogen-bond donors (Lipinski definition) is 0. The van der Waals surface area contributed by atoms with Gasteiger partial charge >= 0.3 is 18.9 Å². The van der Waals surface area contributed by atoms with E-state index in [-0.39, 0.29) is 18.9 Å². The maximum absolute atomic E-state index is 3.18. The van der Waals surface area contributed by atoms with Crippen LogP contribution in [0.1, 0.15) is 6.92 Å². The van der Waals surface area contributed by atoms with E-state index < -0.39 is 0 Å². The van der Waals surface area contributed by atoms with Gasteiger partial charge in [0.25, 0.3) is 0 Å². The molecule has 0 radical (unpaired) electrons. The van der Waals surface area contributed by atoms with E-state index in [0.29, 0.717) is 0 Å².